The lowest BCUT2D eigenvalue weighted by Crippen LogP contribution is -3.61. The van der Waals surface area contributed by atoms with Crippen molar-refractivity contribution in [3.05, 3.63) is 67.4 Å². The maximum absolute atomic E-state index is 12.9. The van der Waals surface area contributed by atoms with Crippen LogP contribution in [0.15, 0.2) is 54.6 Å². The van der Waals surface area contributed by atoms with Gasteiger partial charge in [-0.15, -0.1) is 0 Å². The summed E-state index contributed by atoms with van der Waals surface area (Å²) in [5.74, 6) is 0.162. The molecule has 3 rings (SSSR count). The van der Waals surface area contributed by atoms with E-state index in [1.165, 1.54) is 12.5 Å². The molecule has 0 radical (unpaired) electrons. The van der Waals surface area contributed by atoms with Gasteiger partial charge in [-0.3, -0.25) is 9.36 Å². The maximum atomic E-state index is 12.9. The van der Waals surface area contributed by atoms with Gasteiger partial charge in [0.15, 0.2) is 3.57 Å². The van der Waals surface area contributed by atoms with Crippen molar-refractivity contribution in [2.45, 2.75) is 27.7 Å². The van der Waals surface area contributed by atoms with E-state index in [-0.39, 0.29) is 27.1 Å². The number of rotatable bonds is 2. The number of carbonyl (C=O) groups excluding carboxylic acids is 1. The van der Waals surface area contributed by atoms with E-state index < -0.39 is 5.41 Å². The third-order valence-electron chi connectivity index (χ3n) is 3.82. The molecule has 0 unspecified atom stereocenters. The van der Waals surface area contributed by atoms with E-state index in [0.29, 0.717) is 0 Å². The number of hydrogen-bond acceptors (Lipinski definition) is 1. The Morgan fingerprint density at radius 1 is 0.957 bits per heavy atom. The molecule has 0 N–H and O–H groups in total. The number of halogens is 1. The van der Waals surface area contributed by atoms with Gasteiger partial charge in [-0.1, -0.05) is 51.1 Å². The molecule has 2 aromatic carbocycles. The third-order valence-corrected chi connectivity index (χ3v) is 7.06. The molecule has 0 aliphatic heterocycles. The van der Waals surface area contributed by atoms with Gasteiger partial charge in [0.25, 0.3) is 0 Å². The Morgan fingerprint density at radius 2 is 1.57 bits per heavy atom. The quantitative estimate of drug-likeness (QED) is 0.582. The monoisotopic (exact) mass is 418 g/mol. The molecule has 118 valence electrons. The molecule has 2 nitrogen and oxygen atoms in total. The van der Waals surface area contributed by atoms with E-state index in [0.717, 1.165) is 11.2 Å². The predicted molar refractivity (Wildman–Crippen MR) is 90.6 cm³/mol. The Balaban J connectivity index is 2.20. The average molecular weight is 418 g/mol. The summed E-state index contributed by atoms with van der Waals surface area (Å²) in [5.41, 5.74) is 1.74. The number of nitrogens with zero attached hydrogens (tertiary/aromatic N) is 1. The molecule has 0 amide bonds. The van der Waals surface area contributed by atoms with Gasteiger partial charge < -0.3 is 0 Å². The summed E-state index contributed by atoms with van der Waals surface area (Å²) >= 11 is -0.310. The number of fused-ring (bicyclic) bond motifs is 1. The minimum Gasteiger partial charge on any atom is -0.279 e. The van der Waals surface area contributed by atoms with Crippen LogP contribution in [0.4, 0.5) is 0 Å². The highest BCUT2D eigenvalue weighted by Gasteiger charge is 2.32. The van der Waals surface area contributed by atoms with Crippen LogP contribution in [0.3, 0.4) is 0 Å². The van der Waals surface area contributed by atoms with Gasteiger partial charge in [0, 0.05) is 5.41 Å². The highest BCUT2D eigenvalue weighted by atomic mass is 127. The normalized spacial score (nSPS) is 11.8. The Kier molecular flexibility index (Phi) is 4.32. The van der Waals surface area contributed by atoms with Crippen LogP contribution in [0, 0.1) is 19.5 Å². The molecule has 0 aliphatic rings. The SMILES string of the molecule is Cc1c([I+]c2ccccc2)c2ccccc2n1C(=O)C(C)(C)C. The second-order valence-electron chi connectivity index (χ2n) is 6.70. The van der Waals surface area contributed by atoms with Crippen molar-refractivity contribution < 1.29 is 26.0 Å². The van der Waals surface area contributed by atoms with E-state index in [1.54, 1.807) is 0 Å². The molecule has 0 saturated carbocycles. The Labute approximate surface area is 147 Å². The standard InChI is InChI=1S/C20H21INO/c1-14-18(21-15-10-6-5-7-11-15)16-12-8-9-13-17(16)22(14)19(23)20(2,3)4/h5-13H,1-4H3/q+1. The molecule has 0 aliphatic carbocycles. The molecule has 0 atom stereocenters. The number of para-hydroxylation sites is 1. The van der Waals surface area contributed by atoms with Gasteiger partial charge in [-0.2, -0.15) is 0 Å². The largest absolute Gasteiger partial charge is 0.360 e. The van der Waals surface area contributed by atoms with Gasteiger partial charge in [-0.05, 0) is 31.2 Å². The van der Waals surface area contributed by atoms with Crippen LogP contribution in [0.1, 0.15) is 31.3 Å². The van der Waals surface area contributed by atoms with Gasteiger partial charge in [0.1, 0.15) is 0 Å². The average Bonchev–Trinajstić information content (AvgIpc) is 2.79. The van der Waals surface area contributed by atoms with E-state index in [1.807, 2.05) is 37.5 Å². The van der Waals surface area contributed by atoms with Crippen molar-refractivity contribution in [3.8, 4) is 0 Å². The molecule has 1 heterocycles. The van der Waals surface area contributed by atoms with E-state index >= 15 is 0 Å². The number of hydrogen-bond donors (Lipinski definition) is 0. The minimum absolute atomic E-state index is 0.162. The second-order valence-corrected chi connectivity index (χ2v) is 9.56. The second kappa shape index (κ2) is 6.11. The van der Waals surface area contributed by atoms with Gasteiger partial charge in [-0.25, -0.2) is 0 Å². The highest BCUT2D eigenvalue weighted by Crippen LogP contribution is 2.25. The summed E-state index contributed by atoms with van der Waals surface area (Å²) in [6.07, 6.45) is 0. The van der Waals surface area contributed by atoms with Gasteiger partial charge in [0.05, 0.1) is 16.6 Å². The molecule has 3 aromatic rings. The molecular weight excluding hydrogens is 397 g/mol. The topological polar surface area (TPSA) is 22.0 Å². The zero-order chi connectivity index (χ0) is 16.6. The summed E-state index contributed by atoms with van der Waals surface area (Å²) < 4.78 is 4.65. The van der Waals surface area contributed by atoms with Crippen LogP contribution in [0.5, 0.6) is 0 Å². The predicted octanol–water partition coefficient (Wildman–Crippen LogP) is 1.76. The summed E-state index contributed by atoms with van der Waals surface area (Å²) in [5, 5.41) is 1.22. The van der Waals surface area contributed by atoms with Gasteiger partial charge >= 0.3 is 21.2 Å². The first-order valence-corrected chi connectivity index (χ1v) is 9.90. The van der Waals surface area contributed by atoms with Crippen LogP contribution in [-0.4, -0.2) is 10.5 Å². The van der Waals surface area contributed by atoms with Crippen LogP contribution in [0.25, 0.3) is 10.9 Å². The molecule has 0 saturated heterocycles. The summed E-state index contributed by atoms with van der Waals surface area (Å²) in [7, 11) is 0. The van der Waals surface area contributed by atoms with Crippen molar-refractivity contribution in [2.75, 3.05) is 0 Å². The van der Waals surface area contributed by atoms with Crippen LogP contribution in [-0.2, 0) is 0 Å². The zero-order valence-corrected chi connectivity index (χ0v) is 16.1. The number of aromatic nitrogens is 1. The highest BCUT2D eigenvalue weighted by molar-refractivity contribution is 5.95. The molecule has 0 bridgehead atoms. The Hall–Kier alpha value is -1.62. The Morgan fingerprint density at radius 3 is 2.22 bits per heavy atom. The first-order chi connectivity index (χ1) is 10.9. The first kappa shape index (κ1) is 16.2. The molecule has 23 heavy (non-hydrogen) atoms. The summed E-state index contributed by atoms with van der Waals surface area (Å²) in [4.78, 5) is 12.9. The zero-order valence-electron chi connectivity index (χ0n) is 13.9. The van der Waals surface area contributed by atoms with E-state index in [2.05, 4.69) is 49.4 Å². The van der Waals surface area contributed by atoms with Crippen molar-refractivity contribution in [3.63, 3.8) is 0 Å². The smallest absolute Gasteiger partial charge is 0.279 e. The van der Waals surface area contributed by atoms with Crippen molar-refractivity contribution in [1.29, 1.82) is 0 Å². The van der Waals surface area contributed by atoms with Crippen LogP contribution in [0.2, 0.25) is 0 Å². The van der Waals surface area contributed by atoms with E-state index in [9.17, 15) is 4.79 Å². The maximum Gasteiger partial charge on any atom is 0.360 e. The minimum atomic E-state index is -0.394. The molecular formula is C20H21INO+. The van der Waals surface area contributed by atoms with E-state index in [4.69, 9.17) is 0 Å². The summed E-state index contributed by atoms with van der Waals surface area (Å²) in [6.45, 7) is 8.03. The fraction of sp³-hybridized carbons (Fsp3) is 0.250. The molecule has 0 spiro atoms. The lowest BCUT2D eigenvalue weighted by atomic mass is 9.95. The Bertz CT molecular complexity index is 856. The third kappa shape index (κ3) is 3.07. The molecule has 3 heteroatoms. The van der Waals surface area contributed by atoms with Crippen molar-refractivity contribution in [1.82, 2.24) is 4.57 Å². The van der Waals surface area contributed by atoms with Gasteiger partial charge in [0.2, 0.25) is 9.48 Å². The number of benzene rings is 2. The lowest BCUT2D eigenvalue weighted by Gasteiger charge is -2.18. The lowest BCUT2D eigenvalue weighted by molar-refractivity contribution is -0.595. The van der Waals surface area contributed by atoms with Crippen LogP contribution >= 0.6 is 0 Å². The summed E-state index contributed by atoms with van der Waals surface area (Å²) in [6, 6.07) is 18.9. The fourth-order valence-corrected chi connectivity index (χ4v) is 5.41. The molecule has 1 aromatic heterocycles. The molecule has 0 fully saturated rings. The van der Waals surface area contributed by atoms with Crippen molar-refractivity contribution >= 4 is 16.8 Å². The van der Waals surface area contributed by atoms with Crippen molar-refractivity contribution in [2.24, 2.45) is 5.41 Å². The fourth-order valence-electron chi connectivity index (χ4n) is 2.63. The number of carbonyl (C=O) groups is 1. The van der Waals surface area contributed by atoms with Crippen LogP contribution < -0.4 is 21.2 Å². The first-order valence-electron chi connectivity index (χ1n) is 7.74.